The number of nitrogen functional groups attached to an aromatic ring is 1. The van der Waals surface area contributed by atoms with Crippen LogP contribution in [0.5, 0.6) is 0 Å². The molecule has 2 amide bonds. The summed E-state index contributed by atoms with van der Waals surface area (Å²) in [6.45, 7) is 1.75. The summed E-state index contributed by atoms with van der Waals surface area (Å²) in [5, 5.41) is 0. The van der Waals surface area contributed by atoms with Gasteiger partial charge in [-0.15, -0.1) is 12.4 Å². The van der Waals surface area contributed by atoms with Gasteiger partial charge in [-0.2, -0.15) is 0 Å². The van der Waals surface area contributed by atoms with Crippen molar-refractivity contribution in [1.29, 1.82) is 0 Å². The molecule has 0 aliphatic carbocycles. The van der Waals surface area contributed by atoms with Gasteiger partial charge in [0.1, 0.15) is 5.82 Å². The van der Waals surface area contributed by atoms with Crippen LogP contribution in [0.3, 0.4) is 0 Å². The van der Waals surface area contributed by atoms with Crippen molar-refractivity contribution in [3.05, 3.63) is 65.5 Å². The van der Waals surface area contributed by atoms with E-state index in [1.54, 1.807) is 52.3 Å². The molecule has 0 atom stereocenters. The zero-order chi connectivity index (χ0) is 17.8. The van der Waals surface area contributed by atoms with Crippen LogP contribution in [0.1, 0.15) is 15.9 Å². The van der Waals surface area contributed by atoms with E-state index in [4.69, 9.17) is 5.73 Å². The normalized spacial score (nSPS) is 13.9. The van der Waals surface area contributed by atoms with Crippen LogP contribution < -0.4 is 5.73 Å². The molecule has 1 aliphatic heterocycles. The molecule has 0 unspecified atom stereocenters. The van der Waals surface area contributed by atoms with Crippen molar-refractivity contribution >= 4 is 29.9 Å². The molecule has 26 heavy (non-hydrogen) atoms. The molecule has 0 spiro atoms. The van der Waals surface area contributed by atoms with Crippen LogP contribution in [0.4, 0.5) is 10.1 Å². The monoisotopic (exact) mass is 377 g/mol. The van der Waals surface area contributed by atoms with Gasteiger partial charge < -0.3 is 15.5 Å². The Morgan fingerprint density at radius 1 is 0.923 bits per heavy atom. The highest BCUT2D eigenvalue weighted by molar-refractivity contribution is 5.99. The number of halogens is 2. The Hall–Kier alpha value is -2.60. The van der Waals surface area contributed by atoms with E-state index in [2.05, 4.69) is 0 Å². The molecule has 1 fully saturated rings. The number of amides is 2. The molecule has 7 heteroatoms. The third kappa shape index (κ3) is 4.32. The van der Waals surface area contributed by atoms with Crippen molar-refractivity contribution in [1.82, 2.24) is 9.80 Å². The molecule has 5 nitrogen and oxygen atoms in total. The SMILES string of the molecule is Cl.Nc1ccccc1C(=O)N1CCN(C(=O)Cc2ccccc2F)CC1. The Morgan fingerprint density at radius 3 is 2.15 bits per heavy atom. The highest BCUT2D eigenvalue weighted by atomic mass is 35.5. The number of anilines is 1. The van der Waals surface area contributed by atoms with Gasteiger partial charge in [0.2, 0.25) is 5.91 Å². The molecule has 3 rings (SSSR count). The van der Waals surface area contributed by atoms with E-state index in [9.17, 15) is 14.0 Å². The zero-order valence-electron chi connectivity index (χ0n) is 14.2. The van der Waals surface area contributed by atoms with E-state index in [1.165, 1.54) is 6.07 Å². The minimum absolute atomic E-state index is 0. The summed E-state index contributed by atoms with van der Waals surface area (Å²) in [6, 6.07) is 13.2. The van der Waals surface area contributed by atoms with Gasteiger partial charge in [0.15, 0.2) is 0 Å². The molecule has 2 aromatic rings. The summed E-state index contributed by atoms with van der Waals surface area (Å²) in [5.74, 6) is -0.625. The predicted octanol–water partition coefficient (Wildman–Crippen LogP) is 2.36. The molecule has 2 N–H and O–H groups in total. The standard InChI is InChI=1S/C19H20FN3O2.ClH/c20-16-7-3-1-5-14(16)13-18(24)22-9-11-23(12-10-22)19(25)15-6-2-4-8-17(15)21;/h1-8H,9-13,21H2;1H. The van der Waals surface area contributed by atoms with Gasteiger partial charge in [-0.3, -0.25) is 9.59 Å². The van der Waals surface area contributed by atoms with Crippen LogP contribution in [-0.4, -0.2) is 47.8 Å². The van der Waals surface area contributed by atoms with Gasteiger partial charge in [0.25, 0.3) is 5.91 Å². The molecule has 1 heterocycles. The van der Waals surface area contributed by atoms with Crippen molar-refractivity contribution in [2.75, 3.05) is 31.9 Å². The molecular formula is C19H21ClFN3O2. The first-order chi connectivity index (χ1) is 12.1. The van der Waals surface area contributed by atoms with Crippen LogP contribution >= 0.6 is 12.4 Å². The maximum absolute atomic E-state index is 13.7. The molecule has 138 valence electrons. The lowest BCUT2D eigenvalue weighted by molar-refractivity contribution is -0.132. The van der Waals surface area contributed by atoms with E-state index in [-0.39, 0.29) is 36.5 Å². The third-order valence-electron chi connectivity index (χ3n) is 4.41. The number of nitrogens with two attached hydrogens (primary N) is 1. The fourth-order valence-corrected chi connectivity index (χ4v) is 2.94. The minimum Gasteiger partial charge on any atom is -0.398 e. The van der Waals surface area contributed by atoms with E-state index in [0.29, 0.717) is 43.0 Å². The summed E-state index contributed by atoms with van der Waals surface area (Å²) < 4.78 is 13.7. The zero-order valence-corrected chi connectivity index (χ0v) is 15.0. The Balaban J connectivity index is 0.00000243. The second-order valence-corrected chi connectivity index (χ2v) is 6.03. The van der Waals surface area contributed by atoms with Crippen molar-refractivity contribution in [3.63, 3.8) is 0 Å². The van der Waals surface area contributed by atoms with E-state index in [1.807, 2.05) is 0 Å². The maximum Gasteiger partial charge on any atom is 0.256 e. The Morgan fingerprint density at radius 2 is 1.50 bits per heavy atom. The number of hydrogen-bond acceptors (Lipinski definition) is 3. The second-order valence-electron chi connectivity index (χ2n) is 6.03. The highest BCUT2D eigenvalue weighted by Gasteiger charge is 2.26. The number of piperazine rings is 1. The first-order valence-corrected chi connectivity index (χ1v) is 8.21. The Kier molecular flexibility index (Phi) is 6.58. The summed E-state index contributed by atoms with van der Waals surface area (Å²) in [7, 11) is 0. The molecule has 1 aliphatic rings. The summed E-state index contributed by atoms with van der Waals surface area (Å²) in [4.78, 5) is 28.2. The van der Waals surface area contributed by atoms with Crippen LogP contribution in [0.25, 0.3) is 0 Å². The average Bonchev–Trinajstić information content (AvgIpc) is 2.63. The topological polar surface area (TPSA) is 66.6 Å². The Bertz CT molecular complexity index is 792. The average molecular weight is 378 g/mol. The lowest BCUT2D eigenvalue weighted by Crippen LogP contribution is -2.51. The number of para-hydroxylation sites is 1. The number of hydrogen-bond donors (Lipinski definition) is 1. The number of nitrogens with zero attached hydrogens (tertiary/aromatic N) is 2. The smallest absolute Gasteiger partial charge is 0.256 e. The van der Waals surface area contributed by atoms with E-state index >= 15 is 0 Å². The van der Waals surface area contributed by atoms with Crippen molar-refractivity contribution in [3.8, 4) is 0 Å². The van der Waals surface area contributed by atoms with Crippen molar-refractivity contribution in [2.45, 2.75) is 6.42 Å². The number of rotatable bonds is 3. The first-order valence-electron chi connectivity index (χ1n) is 8.21. The maximum atomic E-state index is 13.7. The van der Waals surface area contributed by atoms with Crippen LogP contribution in [0.2, 0.25) is 0 Å². The molecule has 2 aromatic carbocycles. The molecule has 1 saturated heterocycles. The predicted molar refractivity (Wildman–Crippen MR) is 101 cm³/mol. The molecule has 0 saturated carbocycles. The van der Waals surface area contributed by atoms with Gasteiger partial charge in [0, 0.05) is 31.9 Å². The van der Waals surface area contributed by atoms with Crippen molar-refractivity contribution < 1.29 is 14.0 Å². The lowest BCUT2D eigenvalue weighted by atomic mass is 10.1. The van der Waals surface area contributed by atoms with E-state index in [0.717, 1.165) is 0 Å². The van der Waals surface area contributed by atoms with Gasteiger partial charge in [-0.25, -0.2) is 4.39 Å². The summed E-state index contributed by atoms with van der Waals surface area (Å²) in [5.41, 5.74) is 7.18. The Labute approximate surface area is 158 Å². The van der Waals surface area contributed by atoms with Crippen LogP contribution in [0, 0.1) is 5.82 Å². The lowest BCUT2D eigenvalue weighted by Gasteiger charge is -2.35. The number of benzene rings is 2. The minimum atomic E-state index is -0.371. The fourth-order valence-electron chi connectivity index (χ4n) is 2.94. The van der Waals surface area contributed by atoms with Gasteiger partial charge in [-0.05, 0) is 23.8 Å². The first kappa shape index (κ1) is 19.7. The summed E-state index contributed by atoms with van der Waals surface area (Å²) in [6.07, 6.45) is 0.0340. The highest BCUT2D eigenvalue weighted by Crippen LogP contribution is 2.16. The number of carbonyl (C=O) groups excluding carboxylic acids is 2. The van der Waals surface area contributed by atoms with Crippen LogP contribution in [-0.2, 0) is 11.2 Å². The molecule has 0 radical (unpaired) electrons. The second kappa shape index (κ2) is 8.67. The van der Waals surface area contributed by atoms with Gasteiger partial charge in [0.05, 0.1) is 12.0 Å². The van der Waals surface area contributed by atoms with Gasteiger partial charge >= 0.3 is 0 Å². The number of carbonyl (C=O) groups is 2. The molecular weight excluding hydrogens is 357 g/mol. The fraction of sp³-hybridized carbons (Fsp3) is 0.263. The molecule has 0 bridgehead atoms. The largest absolute Gasteiger partial charge is 0.398 e. The van der Waals surface area contributed by atoms with Crippen LogP contribution in [0.15, 0.2) is 48.5 Å². The summed E-state index contributed by atoms with van der Waals surface area (Å²) >= 11 is 0. The molecule has 0 aromatic heterocycles. The quantitative estimate of drug-likeness (QED) is 0.835. The van der Waals surface area contributed by atoms with E-state index < -0.39 is 0 Å². The third-order valence-corrected chi connectivity index (χ3v) is 4.41. The van der Waals surface area contributed by atoms with Crippen molar-refractivity contribution in [2.24, 2.45) is 0 Å². The van der Waals surface area contributed by atoms with Gasteiger partial charge in [-0.1, -0.05) is 30.3 Å².